The van der Waals surface area contributed by atoms with Crippen LogP contribution in [-0.2, 0) is 20.9 Å². The number of hydrogen-bond donors (Lipinski definition) is 2. The molecule has 0 unspecified atom stereocenters. The highest BCUT2D eigenvalue weighted by molar-refractivity contribution is 5.81. The standard InChI is InChI=1S/C28H29NO5/c1-18(2)26(33-16-19-10-4-3-5-11-19)25(27(30)31)29-28(32)34-17-24-22-14-8-6-12-20(22)21-13-7-9-15-23(21)24/h3-15,18,24-26H,16-17H2,1-2H3,(H,29,32)(H,30,31)/t25-,26-/m1/s1. The van der Waals surface area contributed by atoms with Crippen LogP contribution in [0, 0.1) is 5.92 Å². The SMILES string of the molecule is CC(C)[C@@H](OCc1ccccc1)[C@@H](NC(=O)OCC1c2ccccc2-c2ccccc21)C(=O)O. The molecule has 0 spiro atoms. The van der Waals surface area contributed by atoms with Gasteiger partial charge in [0, 0.05) is 5.92 Å². The number of alkyl carbamates (subject to hydrolysis) is 1. The topological polar surface area (TPSA) is 84.9 Å². The summed E-state index contributed by atoms with van der Waals surface area (Å²) in [7, 11) is 0. The second-order valence-corrected chi connectivity index (χ2v) is 8.79. The van der Waals surface area contributed by atoms with Gasteiger partial charge in [-0.2, -0.15) is 0 Å². The number of carbonyl (C=O) groups excluding carboxylic acids is 1. The van der Waals surface area contributed by atoms with Crippen LogP contribution in [0.1, 0.15) is 36.5 Å². The summed E-state index contributed by atoms with van der Waals surface area (Å²) in [5.74, 6) is -1.41. The number of rotatable bonds is 9. The van der Waals surface area contributed by atoms with Gasteiger partial charge in [0.05, 0.1) is 12.7 Å². The summed E-state index contributed by atoms with van der Waals surface area (Å²) in [5, 5.41) is 12.3. The molecule has 6 heteroatoms. The molecular formula is C28H29NO5. The summed E-state index contributed by atoms with van der Waals surface area (Å²) in [6.07, 6.45) is -1.50. The number of benzene rings is 3. The Hall–Kier alpha value is -3.64. The number of carbonyl (C=O) groups is 2. The molecule has 0 fully saturated rings. The number of fused-ring (bicyclic) bond motifs is 3. The van der Waals surface area contributed by atoms with Gasteiger partial charge in [-0.05, 0) is 33.7 Å². The van der Waals surface area contributed by atoms with E-state index < -0.39 is 24.2 Å². The molecule has 176 valence electrons. The van der Waals surface area contributed by atoms with E-state index in [0.29, 0.717) is 0 Å². The minimum atomic E-state index is -1.24. The second-order valence-electron chi connectivity index (χ2n) is 8.79. The highest BCUT2D eigenvalue weighted by atomic mass is 16.6. The fraction of sp³-hybridized carbons (Fsp3) is 0.286. The molecule has 0 heterocycles. The van der Waals surface area contributed by atoms with Gasteiger partial charge in [-0.1, -0.05) is 92.7 Å². The van der Waals surface area contributed by atoms with Crippen LogP contribution < -0.4 is 5.32 Å². The second kappa shape index (κ2) is 10.5. The van der Waals surface area contributed by atoms with E-state index in [2.05, 4.69) is 17.4 Å². The molecule has 1 amide bonds. The van der Waals surface area contributed by atoms with Gasteiger partial charge in [-0.3, -0.25) is 0 Å². The number of nitrogens with one attached hydrogen (secondary N) is 1. The Morgan fingerprint density at radius 3 is 2.00 bits per heavy atom. The Morgan fingerprint density at radius 2 is 1.44 bits per heavy atom. The summed E-state index contributed by atoms with van der Waals surface area (Å²) >= 11 is 0. The third kappa shape index (κ3) is 5.13. The predicted molar refractivity (Wildman–Crippen MR) is 129 cm³/mol. The molecule has 2 N–H and O–H groups in total. The molecule has 1 aliphatic rings. The molecule has 0 saturated carbocycles. The number of carboxylic acid groups (broad SMARTS) is 1. The number of aliphatic carboxylic acids is 1. The largest absolute Gasteiger partial charge is 0.480 e. The maximum absolute atomic E-state index is 12.7. The van der Waals surface area contributed by atoms with Crippen molar-refractivity contribution < 1.29 is 24.2 Å². The zero-order valence-corrected chi connectivity index (χ0v) is 19.3. The molecule has 2 atom stereocenters. The average molecular weight is 460 g/mol. The van der Waals surface area contributed by atoms with Gasteiger partial charge in [-0.15, -0.1) is 0 Å². The predicted octanol–water partition coefficient (Wildman–Crippen LogP) is 5.22. The quantitative estimate of drug-likeness (QED) is 0.458. The highest BCUT2D eigenvalue weighted by Gasteiger charge is 2.34. The van der Waals surface area contributed by atoms with Gasteiger partial charge in [0.25, 0.3) is 0 Å². The lowest BCUT2D eigenvalue weighted by atomic mass is 9.98. The van der Waals surface area contributed by atoms with Gasteiger partial charge in [0.2, 0.25) is 0 Å². The molecule has 34 heavy (non-hydrogen) atoms. The van der Waals surface area contributed by atoms with Crippen molar-refractivity contribution in [3.05, 3.63) is 95.6 Å². The summed E-state index contributed by atoms with van der Waals surface area (Å²) in [4.78, 5) is 24.7. The maximum atomic E-state index is 12.7. The van der Waals surface area contributed by atoms with Crippen molar-refractivity contribution >= 4 is 12.1 Å². The van der Waals surface area contributed by atoms with Crippen molar-refractivity contribution in [1.29, 1.82) is 0 Å². The van der Waals surface area contributed by atoms with Crippen LogP contribution in [0.15, 0.2) is 78.9 Å². The van der Waals surface area contributed by atoms with E-state index in [1.807, 2.05) is 80.6 Å². The van der Waals surface area contributed by atoms with Gasteiger partial charge in [-0.25, -0.2) is 9.59 Å². The zero-order chi connectivity index (χ0) is 24.1. The summed E-state index contributed by atoms with van der Waals surface area (Å²) in [5.41, 5.74) is 5.38. The Balaban J connectivity index is 1.42. The summed E-state index contributed by atoms with van der Waals surface area (Å²) < 4.78 is 11.5. The lowest BCUT2D eigenvalue weighted by Gasteiger charge is -2.28. The zero-order valence-electron chi connectivity index (χ0n) is 19.3. The fourth-order valence-corrected chi connectivity index (χ4v) is 4.49. The monoisotopic (exact) mass is 459 g/mol. The van der Waals surface area contributed by atoms with E-state index in [4.69, 9.17) is 9.47 Å². The van der Waals surface area contributed by atoms with E-state index >= 15 is 0 Å². The maximum Gasteiger partial charge on any atom is 0.407 e. The van der Waals surface area contributed by atoms with Gasteiger partial charge < -0.3 is 19.9 Å². The van der Waals surface area contributed by atoms with Crippen LogP contribution in [-0.4, -0.2) is 35.9 Å². The molecule has 4 rings (SSSR count). The smallest absolute Gasteiger partial charge is 0.407 e. The fourth-order valence-electron chi connectivity index (χ4n) is 4.49. The van der Waals surface area contributed by atoms with Gasteiger partial charge >= 0.3 is 12.1 Å². The van der Waals surface area contributed by atoms with E-state index in [-0.39, 0.29) is 25.0 Å². The van der Waals surface area contributed by atoms with Crippen molar-refractivity contribution in [1.82, 2.24) is 5.32 Å². The molecule has 6 nitrogen and oxygen atoms in total. The molecule has 3 aromatic rings. The number of ether oxygens (including phenoxy) is 2. The molecule has 0 saturated heterocycles. The summed E-state index contributed by atoms with van der Waals surface area (Å²) in [6.45, 7) is 4.10. The minimum Gasteiger partial charge on any atom is -0.480 e. The van der Waals surface area contributed by atoms with Crippen LogP contribution in [0.3, 0.4) is 0 Å². The van der Waals surface area contributed by atoms with Crippen LogP contribution in [0.2, 0.25) is 0 Å². The molecule has 3 aromatic carbocycles. The van der Waals surface area contributed by atoms with Crippen LogP contribution in [0.4, 0.5) is 4.79 Å². The highest BCUT2D eigenvalue weighted by Crippen LogP contribution is 2.44. The van der Waals surface area contributed by atoms with E-state index in [1.54, 1.807) is 0 Å². The molecular weight excluding hydrogens is 430 g/mol. The number of carboxylic acids is 1. The molecule has 0 radical (unpaired) electrons. The first kappa shape index (κ1) is 23.5. The Labute approximate surface area is 199 Å². The first-order valence-corrected chi connectivity index (χ1v) is 11.5. The van der Waals surface area contributed by atoms with Crippen molar-refractivity contribution in [2.75, 3.05) is 6.61 Å². The van der Waals surface area contributed by atoms with Crippen LogP contribution in [0.5, 0.6) is 0 Å². The molecule has 1 aliphatic carbocycles. The summed E-state index contributed by atoms with van der Waals surface area (Å²) in [6, 6.07) is 24.4. The number of amides is 1. The van der Waals surface area contributed by atoms with Crippen molar-refractivity contribution in [2.24, 2.45) is 5.92 Å². The normalized spacial score (nSPS) is 14.2. The Kier molecular flexibility index (Phi) is 7.28. The number of hydrogen-bond acceptors (Lipinski definition) is 4. The van der Waals surface area contributed by atoms with Crippen molar-refractivity contribution in [3.8, 4) is 11.1 Å². The molecule has 0 bridgehead atoms. The van der Waals surface area contributed by atoms with Crippen LogP contribution >= 0.6 is 0 Å². The Bertz CT molecular complexity index is 1100. The van der Waals surface area contributed by atoms with E-state index in [0.717, 1.165) is 27.8 Å². The van der Waals surface area contributed by atoms with E-state index in [9.17, 15) is 14.7 Å². The van der Waals surface area contributed by atoms with Gasteiger partial charge in [0.15, 0.2) is 6.04 Å². The van der Waals surface area contributed by atoms with Gasteiger partial charge in [0.1, 0.15) is 6.61 Å². The lowest BCUT2D eigenvalue weighted by Crippen LogP contribution is -2.52. The van der Waals surface area contributed by atoms with Crippen molar-refractivity contribution in [2.45, 2.75) is 38.5 Å². The minimum absolute atomic E-state index is 0.100. The lowest BCUT2D eigenvalue weighted by molar-refractivity contribution is -0.145. The first-order valence-electron chi connectivity index (χ1n) is 11.5. The third-order valence-electron chi connectivity index (χ3n) is 6.15. The van der Waals surface area contributed by atoms with Crippen molar-refractivity contribution in [3.63, 3.8) is 0 Å². The van der Waals surface area contributed by atoms with E-state index in [1.165, 1.54) is 0 Å². The Morgan fingerprint density at radius 1 is 0.882 bits per heavy atom. The molecule has 0 aromatic heterocycles. The average Bonchev–Trinajstić information content (AvgIpc) is 3.16. The first-order chi connectivity index (χ1) is 16.5. The van der Waals surface area contributed by atoms with Crippen LogP contribution in [0.25, 0.3) is 11.1 Å². The molecule has 0 aliphatic heterocycles. The third-order valence-corrected chi connectivity index (χ3v) is 6.15.